The molecular weight excluding hydrogens is 281 g/mol. The van der Waals surface area contributed by atoms with Gasteiger partial charge < -0.3 is 5.11 Å². The Morgan fingerprint density at radius 1 is 1.10 bits per heavy atom. The van der Waals surface area contributed by atoms with Gasteiger partial charge >= 0.3 is 5.97 Å². The summed E-state index contributed by atoms with van der Waals surface area (Å²) in [6, 6.07) is 9.23. The molecule has 0 unspecified atom stereocenters. The molecule has 0 radical (unpaired) electrons. The second-order valence-electron chi connectivity index (χ2n) is 5.10. The highest BCUT2D eigenvalue weighted by molar-refractivity contribution is 5.79. The van der Waals surface area contributed by atoms with E-state index in [0.29, 0.717) is 0 Å². The van der Waals surface area contributed by atoms with Gasteiger partial charge in [-0.1, -0.05) is 30.3 Å². The second-order valence-corrected chi connectivity index (χ2v) is 5.10. The molecule has 0 spiro atoms. The highest BCUT2D eigenvalue weighted by Crippen LogP contribution is 2.58. The predicted molar refractivity (Wildman–Crippen MR) is 70.3 cm³/mol. The number of hydrogen-bond donors (Lipinski definition) is 1. The molecule has 0 heterocycles. The average molecular weight is 292 g/mol. The van der Waals surface area contributed by atoms with Crippen molar-refractivity contribution in [2.45, 2.75) is 12.1 Å². The van der Waals surface area contributed by atoms with Crippen LogP contribution in [0.2, 0.25) is 0 Å². The first-order valence-electron chi connectivity index (χ1n) is 6.41. The molecule has 1 saturated carbocycles. The Bertz CT molecular complexity index is 709. The molecule has 2 aromatic carbocycles. The zero-order valence-corrected chi connectivity index (χ0v) is 10.8. The topological polar surface area (TPSA) is 37.3 Å². The SMILES string of the molecule is O=C(O)[C@@H]1C[C@@]1(F)c1ccccc1-c1c(F)cccc1F. The van der Waals surface area contributed by atoms with Crippen LogP contribution in [-0.4, -0.2) is 11.1 Å². The van der Waals surface area contributed by atoms with Crippen molar-refractivity contribution in [1.29, 1.82) is 0 Å². The number of benzene rings is 2. The van der Waals surface area contributed by atoms with Crippen molar-refractivity contribution in [3.05, 3.63) is 59.7 Å². The summed E-state index contributed by atoms with van der Waals surface area (Å²) >= 11 is 0. The van der Waals surface area contributed by atoms with Gasteiger partial charge in [-0.25, -0.2) is 13.2 Å². The standard InChI is InChI=1S/C16H11F3O2/c17-12-6-3-7-13(18)14(12)9-4-1-2-5-10(9)16(19)8-11(16)15(20)21/h1-7,11H,8H2,(H,20,21)/t11-,16+/m0/s1. The lowest BCUT2D eigenvalue weighted by Crippen LogP contribution is -2.11. The van der Waals surface area contributed by atoms with Crippen LogP contribution in [-0.2, 0) is 10.5 Å². The molecule has 0 bridgehead atoms. The summed E-state index contributed by atoms with van der Waals surface area (Å²) in [5.74, 6) is -4.04. The molecule has 0 aromatic heterocycles. The van der Waals surface area contributed by atoms with E-state index >= 15 is 0 Å². The molecule has 2 nitrogen and oxygen atoms in total. The lowest BCUT2D eigenvalue weighted by Gasteiger charge is -2.14. The maximum absolute atomic E-state index is 14.7. The highest BCUT2D eigenvalue weighted by atomic mass is 19.1. The number of hydrogen-bond acceptors (Lipinski definition) is 1. The maximum atomic E-state index is 14.7. The largest absolute Gasteiger partial charge is 0.481 e. The molecule has 1 aliphatic carbocycles. The molecule has 2 atom stereocenters. The van der Waals surface area contributed by atoms with Crippen LogP contribution in [0.3, 0.4) is 0 Å². The van der Waals surface area contributed by atoms with Crippen molar-refractivity contribution < 1.29 is 23.1 Å². The first-order valence-corrected chi connectivity index (χ1v) is 6.41. The van der Waals surface area contributed by atoms with E-state index in [1.807, 2.05) is 0 Å². The van der Waals surface area contributed by atoms with Crippen molar-refractivity contribution >= 4 is 5.97 Å². The molecule has 5 heteroatoms. The number of carboxylic acids is 1. The molecule has 1 N–H and O–H groups in total. The van der Waals surface area contributed by atoms with Gasteiger partial charge in [0.05, 0.1) is 11.5 Å². The van der Waals surface area contributed by atoms with E-state index in [4.69, 9.17) is 5.11 Å². The van der Waals surface area contributed by atoms with Gasteiger partial charge in [0.25, 0.3) is 0 Å². The summed E-state index contributed by atoms with van der Waals surface area (Å²) in [5, 5.41) is 8.93. The van der Waals surface area contributed by atoms with Crippen LogP contribution < -0.4 is 0 Å². The van der Waals surface area contributed by atoms with Gasteiger partial charge in [0.15, 0.2) is 5.67 Å². The van der Waals surface area contributed by atoms with Crippen LogP contribution in [0.25, 0.3) is 11.1 Å². The third-order valence-corrected chi connectivity index (χ3v) is 3.80. The van der Waals surface area contributed by atoms with Gasteiger partial charge in [-0.2, -0.15) is 0 Å². The Kier molecular flexibility index (Phi) is 3.01. The Balaban J connectivity index is 2.17. The third-order valence-electron chi connectivity index (χ3n) is 3.80. The van der Waals surface area contributed by atoms with Gasteiger partial charge in [0.1, 0.15) is 11.6 Å². The van der Waals surface area contributed by atoms with Crippen molar-refractivity contribution in [3.63, 3.8) is 0 Å². The van der Waals surface area contributed by atoms with Gasteiger partial charge in [-0.3, -0.25) is 4.79 Å². The van der Waals surface area contributed by atoms with Crippen LogP contribution in [0.5, 0.6) is 0 Å². The molecule has 2 aromatic rings. The number of carboxylic acid groups (broad SMARTS) is 1. The summed E-state index contributed by atoms with van der Waals surface area (Å²) in [4.78, 5) is 10.9. The zero-order valence-electron chi connectivity index (χ0n) is 10.8. The minimum atomic E-state index is -2.07. The minimum absolute atomic E-state index is 0.0152. The monoisotopic (exact) mass is 292 g/mol. The van der Waals surface area contributed by atoms with E-state index in [-0.39, 0.29) is 23.1 Å². The summed E-state index contributed by atoms with van der Waals surface area (Å²) < 4.78 is 42.5. The number of rotatable bonds is 3. The molecule has 1 aliphatic rings. The summed E-state index contributed by atoms with van der Waals surface area (Å²) in [5.41, 5.74) is -2.33. The van der Waals surface area contributed by atoms with E-state index < -0.39 is 29.2 Å². The van der Waals surface area contributed by atoms with E-state index in [2.05, 4.69) is 0 Å². The van der Waals surface area contributed by atoms with Gasteiger partial charge in [-0.15, -0.1) is 0 Å². The summed E-state index contributed by atoms with van der Waals surface area (Å²) in [6.45, 7) is 0. The number of halogens is 3. The lowest BCUT2D eigenvalue weighted by atomic mass is 9.94. The fraction of sp³-hybridized carbons (Fsp3) is 0.188. The smallest absolute Gasteiger partial charge is 0.310 e. The molecule has 0 saturated heterocycles. The number of alkyl halides is 1. The van der Waals surface area contributed by atoms with Gasteiger partial charge in [0.2, 0.25) is 0 Å². The molecule has 0 aliphatic heterocycles. The van der Waals surface area contributed by atoms with Crippen LogP contribution in [0.15, 0.2) is 42.5 Å². The lowest BCUT2D eigenvalue weighted by molar-refractivity contribution is -0.139. The first-order chi connectivity index (χ1) is 9.95. The Morgan fingerprint density at radius 2 is 1.71 bits per heavy atom. The molecule has 1 fully saturated rings. The fourth-order valence-electron chi connectivity index (χ4n) is 2.64. The number of carbonyl (C=O) groups is 1. The number of aliphatic carboxylic acids is 1. The highest BCUT2D eigenvalue weighted by Gasteiger charge is 2.62. The quantitative estimate of drug-likeness (QED) is 0.931. The summed E-state index contributed by atoms with van der Waals surface area (Å²) in [6.07, 6.45) is -0.185. The fourth-order valence-corrected chi connectivity index (χ4v) is 2.64. The zero-order chi connectivity index (χ0) is 15.2. The van der Waals surface area contributed by atoms with Crippen LogP contribution in [0.4, 0.5) is 13.2 Å². The Morgan fingerprint density at radius 3 is 2.29 bits per heavy atom. The molecular formula is C16H11F3O2. The van der Waals surface area contributed by atoms with E-state index in [0.717, 1.165) is 12.1 Å². The molecule has 0 amide bonds. The van der Waals surface area contributed by atoms with Crippen molar-refractivity contribution in [1.82, 2.24) is 0 Å². The van der Waals surface area contributed by atoms with E-state index in [1.54, 1.807) is 0 Å². The van der Waals surface area contributed by atoms with E-state index in [1.165, 1.54) is 30.3 Å². The summed E-state index contributed by atoms with van der Waals surface area (Å²) in [7, 11) is 0. The van der Waals surface area contributed by atoms with Crippen LogP contribution in [0.1, 0.15) is 12.0 Å². The van der Waals surface area contributed by atoms with Crippen molar-refractivity contribution in [2.75, 3.05) is 0 Å². The average Bonchev–Trinajstić information content (AvgIpc) is 3.13. The predicted octanol–water partition coefficient (Wildman–Crippen LogP) is 3.90. The van der Waals surface area contributed by atoms with Gasteiger partial charge in [-0.05, 0) is 23.3 Å². The molecule has 21 heavy (non-hydrogen) atoms. The van der Waals surface area contributed by atoms with Crippen LogP contribution >= 0.6 is 0 Å². The third kappa shape index (κ3) is 2.09. The Hall–Kier alpha value is -2.30. The van der Waals surface area contributed by atoms with E-state index in [9.17, 15) is 18.0 Å². The molecule has 3 rings (SSSR count). The molecule has 108 valence electrons. The van der Waals surface area contributed by atoms with Gasteiger partial charge in [0, 0.05) is 6.42 Å². The maximum Gasteiger partial charge on any atom is 0.310 e. The minimum Gasteiger partial charge on any atom is -0.481 e. The Labute approximate surface area is 118 Å². The second kappa shape index (κ2) is 4.62. The first kappa shape index (κ1) is 13.7. The van der Waals surface area contributed by atoms with Crippen LogP contribution in [0, 0.1) is 17.6 Å². The van der Waals surface area contributed by atoms with Crippen molar-refractivity contribution in [3.8, 4) is 11.1 Å². The van der Waals surface area contributed by atoms with Crippen molar-refractivity contribution in [2.24, 2.45) is 5.92 Å². The normalized spacial score (nSPS) is 23.9.